The van der Waals surface area contributed by atoms with E-state index in [9.17, 15) is 0 Å². The standard InChI is InChI=1S/C15H18N2O/c1-3-12-5-4-6-14(8-12)18-15-9-13(10-16)7-11(2)17-15/h4-9H,3,10,16H2,1-2H3. The van der Waals surface area contributed by atoms with Crippen LogP contribution in [0.25, 0.3) is 0 Å². The fraction of sp³-hybridized carbons (Fsp3) is 0.267. The fourth-order valence-corrected chi connectivity index (χ4v) is 1.83. The van der Waals surface area contributed by atoms with Gasteiger partial charge in [0.2, 0.25) is 5.88 Å². The lowest BCUT2D eigenvalue weighted by atomic mass is 10.2. The van der Waals surface area contributed by atoms with Gasteiger partial charge in [0.15, 0.2) is 0 Å². The lowest BCUT2D eigenvalue weighted by Crippen LogP contribution is -1.99. The third-order valence-electron chi connectivity index (χ3n) is 2.75. The molecule has 0 aliphatic carbocycles. The number of rotatable bonds is 4. The minimum Gasteiger partial charge on any atom is -0.439 e. The molecule has 1 heterocycles. The van der Waals surface area contributed by atoms with E-state index in [0.29, 0.717) is 12.4 Å². The highest BCUT2D eigenvalue weighted by Crippen LogP contribution is 2.22. The van der Waals surface area contributed by atoms with E-state index in [0.717, 1.165) is 23.4 Å². The zero-order valence-electron chi connectivity index (χ0n) is 10.8. The van der Waals surface area contributed by atoms with Gasteiger partial charge in [0.1, 0.15) is 5.75 Å². The molecule has 3 nitrogen and oxygen atoms in total. The van der Waals surface area contributed by atoms with E-state index in [1.165, 1.54) is 5.56 Å². The summed E-state index contributed by atoms with van der Waals surface area (Å²) >= 11 is 0. The maximum absolute atomic E-state index is 5.78. The van der Waals surface area contributed by atoms with Crippen LogP contribution in [0.2, 0.25) is 0 Å². The molecule has 94 valence electrons. The van der Waals surface area contributed by atoms with E-state index in [4.69, 9.17) is 10.5 Å². The molecule has 0 saturated heterocycles. The van der Waals surface area contributed by atoms with Crippen LogP contribution in [-0.2, 0) is 13.0 Å². The summed E-state index contributed by atoms with van der Waals surface area (Å²) in [6.07, 6.45) is 0.993. The third kappa shape index (κ3) is 3.08. The molecule has 2 N–H and O–H groups in total. The molecule has 0 radical (unpaired) electrons. The molecule has 0 amide bonds. The Morgan fingerprint density at radius 1 is 1.17 bits per heavy atom. The number of hydrogen-bond acceptors (Lipinski definition) is 3. The van der Waals surface area contributed by atoms with Crippen LogP contribution in [-0.4, -0.2) is 4.98 Å². The number of hydrogen-bond donors (Lipinski definition) is 1. The number of aryl methyl sites for hydroxylation is 2. The van der Waals surface area contributed by atoms with Crippen LogP contribution in [0.15, 0.2) is 36.4 Å². The first-order chi connectivity index (χ1) is 8.71. The van der Waals surface area contributed by atoms with Crippen molar-refractivity contribution in [1.29, 1.82) is 0 Å². The molecule has 0 spiro atoms. The Hall–Kier alpha value is -1.87. The Labute approximate surface area is 108 Å². The summed E-state index contributed by atoms with van der Waals surface area (Å²) < 4.78 is 5.78. The van der Waals surface area contributed by atoms with Crippen LogP contribution in [0.5, 0.6) is 11.6 Å². The number of nitrogens with two attached hydrogens (primary N) is 1. The van der Waals surface area contributed by atoms with Gasteiger partial charge in [-0.2, -0.15) is 0 Å². The zero-order chi connectivity index (χ0) is 13.0. The number of benzene rings is 1. The van der Waals surface area contributed by atoms with Gasteiger partial charge in [-0.3, -0.25) is 0 Å². The molecule has 1 aromatic carbocycles. The zero-order valence-corrected chi connectivity index (χ0v) is 10.8. The monoisotopic (exact) mass is 242 g/mol. The number of aromatic nitrogens is 1. The van der Waals surface area contributed by atoms with Crippen molar-refractivity contribution in [2.75, 3.05) is 0 Å². The maximum Gasteiger partial charge on any atom is 0.219 e. The molecular weight excluding hydrogens is 224 g/mol. The Bertz CT molecular complexity index is 538. The molecule has 0 unspecified atom stereocenters. The largest absolute Gasteiger partial charge is 0.439 e. The highest BCUT2D eigenvalue weighted by molar-refractivity contribution is 5.33. The molecule has 0 aliphatic rings. The van der Waals surface area contributed by atoms with Crippen LogP contribution in [0.1, 0.15) is 23.7 Å². The van der Waals surface area contributed by atoms with Crippen LogP contribution in [0.4, 0.5) is 0 Å². The van der Waals surface area contributed by atoms with E-state index in [-0.39, 0.29) is 0 Å². The lowest BCUT2D eigenvalue weighted by Gasteiger charge is -2.08. The summed E-state index contributed by atoms with van der Waals surface area (Å²) in [5.41, 5.74) is 8.84. The average Bonchev–Trinajstić information content (AvgIpc) is 2.38. The SMILES string of the molecule is CCc1cccc(Oc2cc(CN)cc(C)n2)c1. The van der Waals surface area contributed by atoms with Crippen LogP contribution in [0, 0.1) is 6.92 Å². The molecule has 3 heteroatoms. The first-order valence-electron chi connectivity index (χ1n) is 6.15. The minimum absolute atomic E-state index is 0.495. The second-order valence-corrected chi connectivity index (χ2v) is 4.26. The van der Waals surface area contributed by atoms with Gasteiger partial charge in [0, 0.05) is 18.3 Å². The average molecular weight is 242 g/mol. The van der Waals surface area contributed by atoms with Crippen LogP contribution >= 0.6 is 0 Å². The predicted octanol–water partition coefficient (Wildman–Crippen LogP) is 3.20. The van der Waals surface area contributed by atoms with Crippen molar-refractivity contribution >= 4 is 0 Å². The quantitative estimate of drug-likeness (QED) is 0.895. The third-order valence-corrected chi connectivity index (χ3v) is 2.75. The van der Waals surface area contributed by atoms with Gasteiger partial charge in [-0.15, -0.1) is 0 Å². The number of ether oxygens (including phenoxy) is 1. The summed E-state index contributed by atoms with van der Waals surface area (Å²) in [7, 11) is 0. The second-order valence-electron chi connectivity index (χ2n) is 4.26. The van der Waals surface area contributed by atoms with E-state index in [2.05, 4.69) is 18.0 Å². The molecular formula is C15H18N2O. The van der Waals surface area contributed by atoms with Gasteiger partial charge >= 0.3 is 0 Å². The van der Waals surface area contributed by atoms with Crippen molar-refractivity contribution in [3.63, 3.8) is 0 Å². The summed E-state index contributed by atoms with van der Waals surface area (Å²) in [5.74, 6) is 1.42. The van der Waals surface area contributed by atoms with Gasteiger partial charge < -0.3 is 10.5 Å². The first-order valence-corrected chi connectivity index (χ1v) is 6.15. The molecule has 2 rings (SSSR count). The number of pyridine rings is 1. The molecule has 0 bridgehead atoms. The van der Waals surface area contributed by atoms with E-state index in [1.807, 2.05) is 37.3 Å². The molecule has 0 aliphatic heterocycles. The number of nitrogens with zero attached hydrogens (tertiary/aromatic N) is 1. The van der Waals surface area contributed by atoms with Gasteiger partial charge in [0.05, 0.1) is 0 Å². The molecule has 18 heavy (non-hydrogen) atoms. The summed E-state index contributed by atoms with van der Waals surface area (Å²) in [6.45, 7) is 4.56. The predicted molar refractivity (Wildman–Crippen MR) is 72.8 cm³/mol. The van der Waals surface area contributed by atoms with Gasteiger partial charge in [-0.05, 0) is 42.7 Å². The van der Waals surface area contributed by atoms with Gasteiger partial charge in [0.25, 0.3) is 0 Å². The maximum atomic E-state index is 5.78. The smallest absolute Gasteiger partial charge is 0.219 e. The van der Waals surface area contributed by atoms with Crippen molar-refractivity contribution in [3.8, 4) is 11.6 Å². The molecule has 0 atom stereocenters. The van der Waals surface area contributed by atoms with Crippen molar-refractivity contribution in [2.45, 2.75) is 26.8 Å². The second kappa shape index (κ2) is 5.65. The van der Waals surface area contributed by atoms with E-state index < -0.39 is 0 Å². The van der Waals surface area contributed by atoms with Gasteiger partial charge in [-0.25, -0.2) is 4.98 Å². The first kappa shape index (κ1) is 12.6. The summed E-state index contributed by atoms with van der Waals surface area (Å²) in [4.78, 5) is 4.35. The Morgan fingerprint density at radius 3 is 2.72 bits per heavy atom. The fourth-order valence-electron chi connectivity index (χ4n) is 1.83. The van der Waals surface area contributed by atoms with E-state index in [1.54, 1.807) is 0 Å². The Kier molecular flexibility index (Phi) is 3.95. The highest BCUT2D eigenvalue weighted by atomic mass is 16.5. The highest BCUT2D eigenvalue weighted by Gasteiger charge is 2.02. The lowest BCUT2D eigenvalue weighted by molar-refractivity contribution is 0.460. The molecule has 1 aromatic heterocycles. The van der Waals surface area contributed by atoms with Crippen LogP contribution in [0.3, 0.4) is 0 Å². The summed E-state index contributed by atoms with van der Waals surface area (Å²) in [6, 6.07) is 11.9. The van der Waals surface area contributed by atoms with Crippen molar-refractivity contribution in [2.24, 2.45) is 5.73 Å². The van der Waals surface area contributed by atoms with Crippen LogP contribution < -0.4 is 10.5 Å². The normalized spacial score (nSPS) is 10.4. The molecule has 2 aromatic rings. The van der Waals surface area contributed by atoms with Crippen molar-refractivity contribution in [3.05, 3.63) is 53.2 Å². The van der Waals surface area contributed by atoms with Gasteiger partial charge in [-0.1, -0.05) is 19.1 Å². The Balaban J connectivity index is 2.24. The Morgan fingerprint density at radius 2 is 2.00 bits per heavy atom. The summed E-state index contributed by atoms with van der Waals surface area (Å²) in [5, 5.41) is 0. The molecule has 0 saturated carbocycles. The molecule has 0 fully saturated rings. The topological polar surface area (TPSA) is 48.1 Å². The van der Waals surface area contributed by atoms with Crippen molar-refractivity contribution in [1.82, 2.24) is 4.98 Å². The van der Waals surface area contributed by atoms with Crippen molar-refractivity contribution < 1.29 is 4.74 Å². The minimum atomic E-state index is 0.495. The van der Waals surface area contributed by atoms with E-state index >= 15 is 0 Å².